The van der Waals surface area contributed by atoms with E-state index in [9.17, 15) is 0 Å². The maximum atomic E-state index is 6.57. The molecular formula is C14H25NO2. The Bertz CT molecular complexity index is 262. The summed E-state index contributed by atoms with van der Waals surface area (Å²) in [7, 11) is 0. The van der Waals surface area contributed by atoms with E-state index in [-0.39, 0.29) is 11.2 Å². The van der Waals surface area contributed by atoms with Gasteiger partial charge in [-0.3, -0.25) is 0 Å². The van der Waals surface area contributed by atoms with Crippen molar-refractivity contribution in [3.63, 3.8) is 0 Å². The summed E-state index contributed by atoms with van der Waals surface area (Å²) in [6.07, 6.45) is 9.20. The van der Waals surface area contributed by atoms with Crippen LogP contribution in [0.5, 0.6) is 0 Å². The van der Waals surface area contributed by atoms with Gasteiger partial charge in [-0.25, -0.2) is 0 Å². The fraction of sp³-hybridized carbons (Fsp3) is 1.00. The Morgan fingerprint density at radius 1 is 1.12 bits per heavy atom. The summed E-state index contributed by atoms with van der Waals surface area (Å²) < 4.78 is 12.2. The van der Waals surface area contributed by atoms with Crippen molar-refractivity contribution in [2.24, 2.45) is 0 Å². The van der Waals surface area contributed by atoms with Crippen LogP contribution in [0.4, 0.5) is 0 Å². The van der Waals surface area contributed by atoms with Crippen LogP contribution in [0.1, 0.15) is 51.9 Å². The lowest BCUT2D eigenvalue weighted by Gasteiger charge is -2.56. The summed E-state index contributed by atoms with van der Waals surface area (Å²) in [4.78, 5) is 0. The molecule has 0 amide bonds. The fourth-order valence-electron chi connectivity index (χ4n) is 3.88. The van der Waals surface area contributed by atoms with Gasteiger partial charge >= 0.3 is 0 Å². The van der Waals surface area contributed by atoms with Gasteiger partial charge in [0.15, 0.2) is 0 Å². The molecule has 2 spiro atoms. The smallest absolute Gasteiger partial charge is 0.0863 e. The van der Waals surface area contributed by atoms with Crippen molar-refractivity contribution >= 4 is 0 Å². The van der Waals surface area contributed by atoms with Crippen LogP contribution in [0, 0.1) is 0 Å². The number of rotatable bonds is 2. The van der Waals surface area contributed by atoms with Crippen LogP contribution in [0.15, 0.2) is 0 Å². The minimum Gasteiger partial charge on any atom is -0.378 e. The Morgan fingerprint density at radius 3 is 2.53 bits per heavy atom. The van der Waals surface area contributed by atoms with Crippen LogP contribution in [-0.4, -0.2) is 37.0 Å². The van der Waals surface area contributed by atoms with Gasteiger partial charge in [-0.05, 0) is 19.8 Å². The topological polar surface area (TPSA) is 30.5 Å². The van der Waals surface area contributed by atoms with Gasteiger partial charge in [0.05, 0.1) is 17.3 Å². The second-order valence-corrected chi connectivity index (χ2v) is 6.12. The minimum absolute atomic E-state index is 0.107. The van der Waals surface area contributed by atoms with E-state index in [1.54, 1.807) is 0 Å². The van der Waals surface area contributed by atoms with E-state index in [4.69, 9.17) is 9.47 Å². The second-order valence-electron chi connectivity index (χ2n) is 6.12. The zero-order valence-electron chi connectivity index (χ0n) is 11.0. The zero-order valence-corrected chi connectivity index (χ0v) is 11.0. The average molecular weight is 239 g/mol. The van der Waals surface area contributed by atoms with Crippen molar-refractivity contribution in [1.82, 2.24) is 5.32 Å². The molecular weight excluding hydrogens is 214 g/mol. The van der Waals surface area contributed by atoms with E-state index < -0.39 is 0 Å². The summed E-state index contributed by atoms with van der Waals surface area (Å²) in [5, 5.41) is 3.62. The highest BCUT2D eigenvalue weighted by Crippen LogP contribution is 2.46. The quantitative estimate of drug-likeness (QED) is 0.801. The van der Waals surface area contributed by atoms with E-state index in [2.05, 4.69) is 12.2 Å². The standard InChI is InChI=1S/C14H25NO2/c1-2-16-12-8-14(9-12)11-15-10-13(17-14)6-4-3-5-7-13/h12,15H,2-11H2,1H3. The second kappa shape index (κ2) is 4.52. The molecule has 0 aromatic rings. The third-order valence-corrected chi connectivity index (χ3v) is 4.69. The molecule has 0 aromatic carbocycles. The van der Waals surface area contributed by atoms with Crippen molar-refractivity contribution in [3.05, 3.63) is 0 Å². The fourth-order valence-corrected chi connectivity index (χ4v) is 3.88. The summed E-state index contributed by atoms with van der Waals surface area (Å²) in [5.41, 5.74) is 0.267. The van der Waals surface area contributed by atoms with Crippen molar-refractivity contribution in [3.8, 4) is 0 Å². The molecule has 3 aliphatic rings. The third-order valence-electron chi connectivity index (χ3n) is 4.69. The lowest BCUT2D eigenvalue weighted by molar-refractivity contribution is -0.252. The van der Waals surface area contributed by atoms with Gasteiger partial charge in [-0.1, -0.05) is 19.3 Å². The molecule has 3 rings (SSSR count). The first kappa shape index (κ1) is 11.9. The third kappa shape index (κ3) is 2.25. The van der Waals surface area contributed by atoms with Crippen molar-refractivity contribution in [2.45, 2.75) is 69.2 Å². The van der Waals surface area contributed by atoms with Crippen LogP contribution in [0.2, 0.25) is 0 Å². The molecule has 98 valence electrons. The molecule has 3 fully saturated rings. The summed E-state index contributed by atoms with van der Waals surface area (Å²) in [6.45, 7) is 5.00. The Labute approximate surface area is 104 Å². The Kier molecular flexibility index (Phi) is 3.18. The summed E-state index contributed by atoms with van der Waals surface area (Å²) in [5.74, 6) is 0. The number of morpholine rings is 1. The Hall–Kier alpha value is -0.120. The first-order valence-electron chi connectivity index (χ1n) is 7.28. The van der Waals surface area contributed by atoms with Crippen molar-refractivity contribution in [1.29, 1.82) is 0 Å². The van der Waals surface area contributed by atoms with Gasteiger partial charge in [-0.2, -0.15) is 0 Å². The van der Waals surface area contributed by atoms with Crippen molar-refractivity contribution in [2.75, 3.05) is 19.7 Å². The lowest BCUT2D eigenvalue weighted by Crippen LogP contribution is -2.66. The van der Waals surface area contributed by atoms with Gasteiger partial charge in [0.2, 0.25) is 0 Å². The molecule has 0 bridgehead atoms. The van der Waals surface area contributed by atoms with Gasteiger partial charge < -0.3 is 14.8 Å². The van der Waals surface area contributed by atoms with Crippen LogP contribution >= 0.6 is 0 Å². The molecule has 17 heavy (non-hydrogen) atoms. The lowest BCUT2D eigenvalue weighted by atomic mass is 9.73. The maximum absolute atomic E-state index is 6.57. The molecule has 3 nitrogen and oxygen atoms in total. The normalized spacial score (nSPS) is 40.4. The Morgan fingerprint density at radius 2 is 1.82 bits per heavy atom. The highest BCUT2D eigenvalue weighted by atomic mass is 16.5. The van der Waals surface area contributed by atoms with Crippen LogP contribution in [-0.2, 0) is 9.47 Å². The molecule has 1 saturated heterocycles. The summed E-state index contributed by atoms with van der Waals surface area (Å²) >= 11 is 0. The molecule has 0 atom stereocenters. The van der Waals surface area contributed by atoms with E-state index in [0.717, 1.165) is 32.5 Å². The predicted octanol–water partition coefficient (Wildman–Crippen LogP) is 2.25. The number of nitrogens with one attached hydrogen (secondary N) is 1. The molecule has 1 aliphatic heterocycles. The van der Waals surface area contributed by atoms with Crippen LogP contribution in [0.25, 0.3) is 0 Å². The molecule has 1 N–H and O–H groups in total. The maximum Gasteiger partial charge on any atom is 0.0863 e. The summed E-state index contributed by atoms with van der Waals surface area (Å²) in [6, 6.07) is 0. The number of hydrogen-bond donors (Lipinski definition) is 1. The largest absolute Gasteiger partial charge is 0.378 e. The highest BCUT2D eigenvalue weighted by molar-refractivity contribution is 5.05. The van der Waals surface area contributed by atoms with Crippen LogP contribution in [0.3, 0.4) is 0 Å². The number of hydrogen-bond acceptors (Lipinski definition) is 3. The van der Waals surface area contributed by atoms with E-state index >= 15 is 0 Å². The van der Waals surface area contributed by atoms with E-state index in [1.165, 1.54) is 32.1 Å². The minimum atomic E-state index is 0.107. The number of ether oxygens (including phenoxy) is 2. The first-order chi connectivity index (χ1) is 8.26. The predicted molar refractivity (Wildman–Crippen MR) is 67.1 cm³/mol. The zero-order chi connectivity index (χ0) is 11.8. The SMILES string of the molecule is CCOC1CC2(CNCC3(CCCCC3)O2)C1. The van der Waals surface area contributed by atoms with Crippen molar-refractivity contribution < 1.29 is 9.47 Å². The van der Waals surface area contributed by atoms with Gasteiger partial charge in [-0.15, -0.1) is 0 Å². The highest BCUT2D eigenvalue weighted by Gasteiger charge is 2.53. The van der Waals surface area contributed by atoms with E-state index in [0.29, 0.717) is 6.10 Å². The Balaban J connectivity index is 1.60. The molecule has 2 saturated carbocycles. The van der Waals surface area contributed by atoms with Gasteiger partial charge in [0.1, 0.15) is 0 Å². The molecule has 2 aliphatic carbocycles. The molecule has 0 radical (unpaired) electrons. The molecule has 0 aromatic heterocycles. The van der Waals surface area contributed by atoms with E-state index in [1.807, 2.05) is 0 Å². The monoisotopic (exact) mass is 239 g/mol. The van der Waals surface area contributed by atoms with Crippen LogP contribution < -0.4 is 5.32 Å². The average Bonchev–Trinajstić information content (AvgIpc) is 2.28. The molecule has 0 unspecified atom stereocenters. The molecule has 1 heterocycles. The van der Waals surface area contributed by atoms with Gasteiger partial charge in [0.25, 0.3) is 0 Å². The van der Waals surface area contributed by atoms with Gasteiger partial charge in [0, 0.05) is 32.5 Å². The molecule has 3 heteroatoms. The first-order valence-corrected chi connectivity index (χ1v) is 7.28.